The molecule has 3 aromatic rings. The smallest absolute Gasteiger partial charge is 0.150 e. The Morgan fingerprint density at radius 1 is 0.966 bits per heavy atom. The molecule has 5 nitrogen and oxygen atoms in total. The molecule has 0 aliphatic rings. The van der Waals surface area contributed by atoms with Crippen molar-refractivity contribution in [2.75, 3.05) is 13.2 Å². The number of hydrogen-bond donors (Lipinski definition) is 0. The van der Waals surface area contributed by atoms with Gasteiger partial charge in [0.15, 0.2) is 5.76 Å². The number of halogens is 3. The number of unbranched alkanes of at least 4 members (excludes halogenated alkanes) is 1. The Kier molecular flexibility index (Phi) is 6.89. The molecule has 2 aromatic carbocycles. The highest BCUT2D eigenvalue weighted by molar-refractivity contribution is 5.77. The second-order valence-corrected chi connectivity index (χ2v) is 6.24. The van der Waals surface area contributed by atoms with Crippen LogP contribution in [0.5, 0.6) is 5.75 Å². The SMILES string of the molecule is C/C(=C(/OCCCCOc1ccc(F)cc1)c1ccc(F)cc1F)n1cncn1. The van der Waals surface area contributed by atoms with E-state index in [-0.39, 0.29) is 17.1 Å². The molecular weight excluding hydrogens is 383 g/mol. The second kappa shape index (κ2) is 9.77. The van der Waals surface area contributed by atoms with Gasteiger partial charge in [0.05, 0.1) is 24.5 Å². The van der Waals surface area contributed by atoms with Crippen molar-refractivity contribution in [2.45, 2.75) is 19.8 Å². The lowest BCUT2D eigenvalue weighted by Gasteiger charge is -2.15. The number of aromatic nitrogens is 3. The Morgan fingerprint density at radius 2 is 1.69 bits per heavy atom. The fraction of sp³-hybridized carbons (Fsp3) is 0.238. The highest BCUT2D eigenvalue weighted by atomic mass is 19.1. The van der Waals surface area contributed by atoms with Crippen LogP contribution in [-0.2, 0) is 4.74 Å². The fourth-order valence-corrected chi connectivity index (χ4v) is 2.64. The van der Waals surface area contributed by atoms with E-state index >= 15 is 0 Å². The van der Waals surface area contributed by atoms with Crippen LogP contribution in [-0.4, -0.2) is 28.0 Å². The van der Waals surface area contributed by atoms with E-state index < -0.39 is 11.6 Å². The largest absolute Gasteiger partial charge is 0.494 e. The summed E-state index contributed by atoms with van der Waals surface area (Å²) in [6.45, 7) is 2.44. The van der Waals surface area contributed by atoms with Gasteiger partial charge >= 0.3 is 0 Å². The van der Waals surface area contributed by atoms with Crippen molar-refractivity contribution in [1.82, 2.24) is 14.8 Å². The van der Waals surface area contributed by atoms with Crippen LogP contribution in [0.2, 0.25) is 0 Å². The Labute approximate surface area is 166 Å². The van der Waals surface area contributed by atoms with Crippen LogP contribution in [0.4, 0.5) is 13.2 Å². The molecule has 0 unspecified atom stereocenters. The highest BCUT2D eigenvalue weighted by Gasteiger charge is 2.15. The number of benzene rings is 2. The summed E-state index contributed by atoms with van der Waals surface area (Å²) in [7, 11) is 0. The van der Waals surface area contributed by atoms with Crippen molar-refractivity contribution >= 4 is 11.5 Å². The molecule has 29 heavy (non-hydrogen) atoms. The van der Waals surface area contributed by atoms with Crippen LogP contribution in [0.25, 0.3) is 11.5 Å². The minimum Gasteiger partial charge on any atom is -0.494 e. The maximum Gasteiger partial charge on any atom is 0.150 e. The lowest BCUT2D eigenvalue weighted by molar-refractivity contribution is 0.243. The fourth-order valence-electron chi connectivity index (χ4n) is 2.64. The first-order chi connectivity index (χ1) is 14.0. The van der Waals surface area contributed by atoms with Gasteiger partial charge in [-0.05, 0) is 56.2 Å². The molecule has 0 radical (unpaired) electrons. The first-order valence-electron chi connectivity index (χ1n) is 9.07. The third-order valence-corrected chi connectivity index (χ3v) is 4.13. The van der Waals surface area contributed by atoms with Gasteiger partial charge in [-0.25, -0.2) is 22.8 Å². The lowest BCUT2D eigenvalue weighted by atomic mass is 10.1. The first kappa shape index (κ1) is 20.4. The normalized spacial score (nSPS) is 11.9. The lowest BCUT2D eigenvalue weighted by Crippen LogP contribution is -2.06. The van der Waals surface area contributed by atoms with Gasteiger partial charge in [-0.2, -0.15) is 5.10 Å². The van der Waals surface area contributed by atoms with E-state index in [1.165, 1.54) is 41.6 Å². The van der Waals surface area contributed by atoms with Gasteiger partial charge in [-0.1, -0.05) is 0 Å². The molecule has 0 amide bonds. The average molecular weight is 403 g/mol. The van der Waals surface area contributed by atoms with Crippen LogP contribution in [0.3, 0.4) is 0 Å². The van der Waals surface area contributed by atoms with Gasteiger partial charge in [0.25, 0.3) is 0 Å². The van der Waals surface area contributed by atoms with Crippen molar-refractivity contribution < 1.29 is 22.6 Å². The Balaban J connectivity index is 1.60. The van der Waals surface area contributed by atoms with Gasteiger partial charge < -0.3 is 9.47 Å². The van der Waals surface area contributed by atoms with E-state index in [9.17, 15) is 13.2 Å². The quantitative estimate of drug-likeness (QED) is 0.376. The van der Waals surface area contributed by atoms with Gasteiger partial charge in [-0.3, -0.25) is 0 Å². The zero-order chi connectivity index (χ0) is 20.6. The van der Waals surface area contributed by atoms with Crippen LogP contribution in [0.1, 0.15) is 25.3 Å². The summed E-state index contributed by atoms with van der Waals surface area (Å²) in [5.41, 5.74) is 0.664. The summed E-state index contributed by atoms with van der Waals surface area (Å²) in [6, 6.07) is 9.10. The topological polar surface area (TPSA) is 49.2 Å². The first-order valence-corrected chi connectivity index (χ1v) is 9.07. The summed E-state index contributed by atoms with van der Waals surface area (Å²) in [4.78, 5) is 3.88. The molecule has 8 heteroatoms. The summed E-state index contributed by atoms with van der Waals surface area (Å²) in [5, 5.41) is 4.03. The Hall–Kier alpha value is -3.29. The summed E-state index contributed by atoms with van der Waals surface area (Å²) < 4.78 is 53.3. The highest BCUT2D eigenvalue weighted by Crippen LogP contribution is 2.26. The second-order valence-electron chi connectivity index (χ2n) is 6.24. The molecule has 1 aromatic heterocycles. The number of hydrogen-bond acceptors (Lipinski definition) is 4. The third kappa shape index (κ3) is 5.60. The van der Waals surface area contributed by atoms with E-state index in [1.807, 2.05) is 0 Å². The van der Waals surface area contributed by atoms with E-state index in [0.717, 1.165) is 6.07 Å². The van der Waals surface area contributed by atoms with Gasteiger partial charge in [-0.15, -0.1) is 0 Å². The van der Waals surface area contributed by atoms with E-state index in [1.54, 1.807) is 19.1 Å². The van der Waals surface area contributed by atoms with Gasteiger partial charge in [0.1, 0.15) is 35.9 Å². The standard InChI is InChI=1S/C21H20F3N3O2/c1-15(27-14-25-13-26-27)21(19-9-6-17(23)12-20(19)24)29-11-3-2-10-28-18-7-4-16(22)5-8-18/h4-9,12-14H,2-3,10-11H2,1H3/b21-15-. The predicted molar refractivity (Wildman–Crippen MR) is 102 cm³/mol. The van der Waals surface area contributed by atoms with Crippen LogP contribution in [0, 0.1) is 17.5 Å². The molecule has 0 fully saturated rings. The van der Waals surface area contributed by atoms with Crippen molar-refractivity contribution in [3.63, 3.8) is 0 Å². The summed E-state index contributed by atoms with van der Waals surface area (Å²) in [6.07, 6.45) is 4.14. The minimum atomic E-state index is -0.723. The molecule has 0 aliphatic carbocycles. The Bertz CT molecular complexity index is 958. The molecule has 0 N–H and O–H groups in total. The van der Waals surface area contributed by atoms with Gasteiger partial charge in [0, 0.05) is 6.07 Å². The van der Waals surface area contributed by atoms with E-state index in [2.05, 4.69) is 10.1 Å². The van der Waals surface area contributed by atoms with Crippen molar-refractivity contribution in [3.8, 4) is 5.75 Å². The monoisotopic (exact) mass is 403 g/mol. The van der Waals surface area contributed by atoms with Crippen molar-refractivity contribution in [2.24, 2.45) is 0 Å². The molecule has 0 aliphatic heterocycles. The molecular formula is C21H20F3N3O2. The number of rotatable bonds is 9. The molecule has 152 valence electrons. The van der Waals surface area contributed by atoms with E-state index in [0.29, 0.717) is 37.5 Å². The van der Waals surface area contributed by atoms with E-state index in [4.69, 9.17) is 9.47 Å². The van der Waals surface area contributed by atoms with Crippen molar-refractivity contribution in [1.29, 1.82) is 0 Å². The maximum absolute atomic E-state index is 14.3. The zero-order valence-corrected chi connectivity index (χ0v) is 15.8. The molecule has 0 saturated carbocycles. The van der Waals surface area contributed by atoms with Gasteiger partial charge in [0.2, 0.25) is 0 Å². The minimum absolute atomic E-state index is 0.141. The summed E-state index contributed by atoms with van der Waals surface area (Å²) in [5.74, 6) is -0.863. The Morgan fingerprint density at radius 3 is 2.38 bits per heavy atom. The van der Waals surface area contributed by atoms with Crippen LogP contribution in [0.15, 0.2) is 55.1 Å². The van der Waals surface area contributed by atoms with Crippen LogP contribution < -0.4 is 4.74 Å². The molecule has 0 saturated heterocycles. The molecule has 3 rings (SSSR count). The number of nitrogens with zero attached hydrogens (tertiary/aromatic N) is 3. The third-order valence-electron chi connectivity index (χ3n) is 4.13. The number of ether oxygens (including phenoxy) is 2. The molecule has 0 atom stereocenters. The maximum atomic E-state index is 14.3. The average Bonchev–Trinajstić information content (AvgIpc) is 3.24. The molecule has 1 heterocycles. The zero-order valence-electron chi connectivity index (χ0n) is 15.8. The van der Waals surface area contributed by atoms with Crippen molar-refractivity contribution in [3.05, 3.63) is 78.1 Å². The summed E-state index contributed by atoms with van der Waals surface area (Å²) >= 11 is 0. The predicted octanol–water partition coefficient (Wildman–Crippen LogP) is 4.92. The molecule has 0 bridgehead atoms. The van der Waals surface area contributed by atoms with Crippen LogP contribution >= 0.6 is 0 Å². The molecule has 0 spiro atoms. The number of allylic oxidation sites excluding steroid dienone is 1.